The summed E-state index contributed by atoms with van der Waals surface area (Å²) in [5, 5.41) is 3.24. The van der Waals surface area contributed by atoms with Gasteiger partial charge in [0.05, 0.1) is 0 Å². The van der Waals surface area contributed by atoms with Crippen molar-refractivity contribution in [1.82, 2.24) is 9.97 Å². The normalized spacial score (nSPS) is 9.87. The van der Waals surface area contributed by atoms with Gasteiger partial charge in [0.2, 0.25) is 0 Å². The van der Waals surface area contributed by atoms with Gasteiger partial charge >= 0.3 is 0 Å². The molecule has 0 saturated heterocycles. The molecule has 0 fully saturated rings. The number of hydrogen-bond acceptors (Lipinski definition) is 3. The monoisotopic (exact) mass is 199 g/mol. The van der Waals surface area contributed by atoms with E-state index >= 15 is 0 Å². The van der Waals surface area contributed by atoms with Gasteiger partial charge in [-0.3, -0.25) is 0 Å². The average Bonchev–Trinajstić information content (AvgIpc) is 2.32. The number of hydrogen-bond donors (Lipinski definition) is 1. The lowest BCUT2D eigenvalue weighted by Gasteiger charge is -2.04. The minimum Gasteiger partial charge on any atom is -0.370 e. The molecule has 0 unspecified atom stereocenters. The second-order valence-electron chi connectivity index (χ2n) is 3.26. The maximum Gasteiger partial charge on any atom is 0.129 e. The van der Waals surface area contributed by atoms with E-state index in [2.05, 4.69) is 39.6 Å². The fraction of sp³-hybridized carbons (Fsp3) is 0.167. The Morgan fingerprint density at radius 1 is 1.07 bits per heavy atom. The molecule has 0 radical (unpaired) electrons. The van der Waals surface area contributed by atoms with Crippen molar-refractivity contribution in [3.8, 4) is 0 Å². The molecule has 0 amide bonds. The van der Waals surface area contributed by atoms with Gasteiger partial charge in [-0.2, -0.15) is 0 Å². The van der Waals surface area contributed by atoms with Crippen molar-refractivity contribution in [3.63, 3.8) is 0 Å². The Balaban J connectivity index is 1.81. The van der Waals surface area contributed by atoms with Crippen LogP contribution in [0.1, 0.15) is 5.56 Å². The molecule has 0 spiro atoms. The third-order valence-corrected chi connectivity index (χ3v) is 2.14. The van der Waals surface area contributed by atoms with Gasteiger partial charge < -0.3 is 5.32 Å². The van der Waals surface area contributed by atoms with Gasteiger partial charge in [-0.05, 0) is 18.1 Å². The molecule has 1 N–H and O–H groups in total. The van der Waals surface area contributed by atoms with Crippen LogP contribution < -0.4 is 5.32 Å². The number of aromatic nitrogens is 2. The summed E-state index contributed by atoms with van der Waals surface area (Å²) in [4.78, 5) is 7.95. The first-order chi connectivity index (χ1) is 7.45. The number of nitrogens with one attached hydrogen (secondary N) is 1. The van der Waals surface area contributed by atoms with Gasteiger partial charge in [0, 0.05) is 12.7 Å². The zero-order chi connectivity index (χ0) is 10.3. The van der Waals surface area contributed by atoms with E-state index in [0.717, 1.165) is 18.8 Å². The second-order valence-corrected chi connectivity index (χ2v) is 3.26. The molecule has 2 aromatic rings. The molecule has 1 aromatic heterocycles. The highest BCUT2D eigenvalue weighted by Gasteiger charge is 1.92. The van der Waals surface area contributed by atoms with Gasteiger partial charge in [-0.25, -0.2) is 9.97 Å². The highest BCUT2D eigenvalue weighted by atomic mass is 15.0. The molecule has 1 heterocycles. The molecule has 3 nitrogen and oxygen atoms in total. The quantitative estimate of drug-likeness (QED) is 0.819. The lowest BCUT2D eigenvalue weighted by Crippen LogP contribution is -2.05. The minimum atomic E-state index is 0.876. The van der Waals surface area contributed by atoms with Crippen LogP contribution in [-0.4, -0.2) is 16.5 Å². The van der Waals surface area contributed by atoms with Gasteiger partial charge in [0.1, 0.15) is 12.1 Å². The summed E-state index contributed by atoms with van der Waals surface area (Å²) in [6, 6.07) is 12.3. The van der Waals surface area contributed by atoms with Gasteiger partial charge in [0.25, 0.3) is 0 Å². The topological polar surface area (TPSA) is 37.8 Å². The van der Waals surface area contributed by atoms with Crippen LogP contribution in [0.4, 0.5) is 5.82 Å². The zero-order valence-electron chi connectivity index (χ0n) is 8.43. The molecule has 15 heavy (non-hydrogen) atoms. The van der Waals surface area contributed by atoms with Crippen LogP contribution in [0.5, 0.6) is 0 Å². The molecule has 0 saturated carbocycles. The summed E-state index contributed by atoms with van der Waals surface area (Å²) in [5.41, 5.74) is 1.33. The van der Waals surface area contributed by atoms with Crippen molar-refractivity contribution < 1.29 is 0 Å². The molecular formula is C12H13N3. The summed E-state index contributed by atoms with van der Waals surface area (Å²) in [6.07, 6.45) is 4.29. The highest BCUT2D eigenvalue weighted by molar-refractivity contribution is 5.31. The van der Waals surface area contributed by atoms with E-state index in [9.17, 15) is 0 Å². The predicted molar refractivity (Wildman–Crippen MR) is 60.7 cm³/mol. The van der Waals surface area contributed by atoms with Gasteiger partial charge in [0.15, 0.2) is 0 Å². The van der Waals surface area contributed by atoms with Gasteiger partial charge in [-0.15, -0.1) is 0 Å². The maximum absolute atomic E-state index is 4.09. The van der Waals surface area contributed by atoms with E-state index in [0.29, 0.717) is 0 Å². The maximum atomic E-state index is 4.09. The Kier molecular flexibility index (Phi) is 3.28. The first-order valence-electron chi connectivity index (χ1n) is 4.99. The minimum absolute atomic E-state index is 0.876. The van der Waals surface area contributed by atoms with Crippen LogP contribution in [0, 0.1) is 0 Å². The van der Waals surface area contributed by atoms with Crippen LogP contribution in [0.3, 0.4) is 0 Å². The number of rotatable bonds is 4. The summed E-state index contributed by atoms with van der Waals surface area (Å²) >= 11 is 0. The van der Waals surface area contributed by atoms with Crippen molar-refractivity contribution in [2.45, 2.75) is 6.42 Å². The number of anilines is 1. The first-order valence-corrected chi connectivity index (χ1v) is 4.99. The molecule has 0 bridgehead atoms. The Morgan fingerprint density at radius 3 is 2.67 bits per heavy atom. The summed E-state index contributed by atoms with van der Waals surface area (Å²) in [5.74, 6) is 0.876. The molecule has 0 aliphatic carbocycles. The molecule has 3 heteroatoms. The molecule has 0 atom stereocenters. The van der Waals surface area contributed by atoms with Crippen molar-refractivity contribution in [3.05, 3.63) is 54.5 Å². The van der Waals surface area contributed by atoms with E-state index in [1.165, 1.54) is 5.56 Å². The van der Waals surface area contributed by atoms with Crippen LogP contribution in [-0.2, 0) is 6.42 Å². The van der Waals surface area contributed by atoms with E-state index in [4.69, 9.17) is 0 Å². The molecule has 0 aliphatic heterocycles. The van der Waals surface area contributed by atoms with Crippen LogP contribution in [0.2, 0.25) is 0 Å². The third-order valence-electron chi connectivity index (χ3n) is 2.14. The first kappa shape index (κ1) is 9.65. The molecule has 2 rings (SSSR count). The Bertz CT molecular complexity index is 347. The van der Waals surface area contributed by atoms with E-state index in [1.54, 1.807) is 12.5 Å². The Morgan fingerprint density at radius 2 is 1.93 bits per heavy atom. The molecule has 1 aromatic carbocycles. The summed E-state index contributed by atoms with van der Waals surface area (Å²) < 4.78 is 0. The Hall–Kier alpha value is -1.90. The standard InChI is InChI=1S/C12H13N3/c1-2-4-11(5-3-1)6-9-14-12-7-8-13-10-15-12/h1-5,7-8,10H,6,9H2,(H,13,14,15). The van der Waals surface area contributed by atoms with Crippen LogP contribution in [0.25, 0.3) is 0 Å². The van der Waals surface area contributed by atoms with E-state index in [-0.39, 0.29) is 0 Å². The largest absolute Gasteiger partial charge is 0.370 e. The van der Waals surface area contributed by atoms with Crippen molar-refractivity contribution in [2.24, 2.45) is 0 Å². The van der Waals surface area contributed by atoms with Crippen molar-refractivity contribution in [1.29, 1.82) is 0 Å². The summed E-state index contributed by atoms with van der Waals surface area (Å²) in [6.45, 7) is 0.890. The van der Waals surface area contributed by atoms with E-state index in [1.807, 2.05) is 12.1 Å². The molecule has 76 valence electrons. The SMILES string of the molecule is c1ccc(CCNc2ccncn2)cc1. The molecule has 0 aliphatic rings. The predicted octanol–water partition coefficient (Wildman–Crippen LogP) is 2.13. The van der Waals surface area contributed by atoms with Crippen LogP contribution >= 0.6 is 0 Å². The average molecular weight is 199 g/mol. The zero-order valence-corrected chi connectivity index (χ0v) is 8.43. The smallest absolute Gasteiger partial charge is 0.129 e. The Labute approximate surface area is 89.2 Å². The molecular weight excluding hydrogens is 186 g/mol. The second kappa shape index (κ2) is 5.10. The van der Waals surface area contributed by atoms with Crippen molar-refractivity contribution in [2.75, 3.05) is 11.9 Å². The van der Waals surface area contributed by atoms with Gasteiger partial charge in [-0.1, -0.05) is 30.3 Å². The fourth-order valence-electron chi connectivity index (χ4n) is 1.37. The lowest BCUT2D eigenvalue weighted by atomic mass is 10.1. The number of benzene rings is 1. The summed E-state index contributed by atoms with van der Waals surface area (Å²) in [7, 11) is 0. The number of nitrogens with zero attached hydrogens (tertiary/aromatic N) is 2. The van der Waals surface area contributed by atoms with Crippen LogP contribution in [0.15, 0.2) is 48.9 Å². The van der Waals surface area contributed by atoms with E-state index < -0.39 is 0 Å². The van der Waals surface area contributed by atoms with Crippen molar-refractivity contribution >= 4 is 5.82 Å². The lowest BCUT2D eigenvalue weighted by molar-refractivity contribution is 0.999. The fourth-order valence-corrected chi connectivity index (χ4v) is 1.37. The highest BCUT2D eigenvalue weighted by Crippen LogP contribution is 2.01. The third kappa shape index (κ3) is 3.06.